The number of aliphatic hydroxyl groups excluding tert-OH is 1. The Labute approximate surface area is 82.8 Å². The van der Waals surface area contributed by atoms with Gasteiger partial charge in [-0.2, -0.15) is 0 Å². The molecular formula is C10H24O2P+. The van der Waals surface area contributed by atoms with E-state index >= 15 is 0 Å². The Balaban J connectivity index is 3.76. The van der Waals surface area contributed by atoms with Crippen LogP contribution in [0.1, 0.15) is 39.5 Å². The topological polar surface area (TPSA) is 40.5 Å². The van der Waals surface area contributed by atoms with E-state index in [1.807, 2.05) is 0 Å². The third-order valence-electron chi connectivity index (χ3n) is 2.26. The summed E-state index contributed by atoms with van der Waals surface area (Å²) in [5, 5.41) is 8.65. The van der Waals surface area contributed by atoms with E-state index in [0.717, 1.165) is 44.2 Å². The lowest BCUT2D eigenvalue weighted by molar-refractivity contribution is 0.287. The monoisotopic (exact) mass is 207 g/mol. The smallest absolute Gasteiger partial charge is 0.142 e. The summed E-state index contributed by atoms with van der Waals surface area (Å²) >= 11 is 0. The maximum Gasteiger partial charge on any atom is 0.142 e. The summed E-state index contributed by atoms with van der Waals surface area (Å²) in [6.45, 7) is 4.53. The molecule has 0 bridgehead atoms. The second kappa shape index (κ2) is 7.73. The van der Waals surface area contributed by atoms with Crippen molar-refractivity contribution < 1.29 is 10.00 Å². The fourth-order valence-electron chi connectivity index (χ4n) is 1.69. The Hall–Kier alpha value is 0.350. The summed E-state index contributed by atoms with van der Waals surface area (Å²) in [4.78, 5) is 10.3. The van der Waals surface area contributed by atoms with Gasteiger partial charge in [-0.1, -0.05) is 13.8 Å². The van der Waals surface area contributed by atoms with Crippen LogP contribution in [0.5, 0.6) is 0 Å². The normalized spacial score (nSPS) is 12.0. The minimum atomic E-state index is -1.61. The summed E-state index contributed by atoms with van der Waals surface area (Å²) in [6.07, 6.45) is 6.97. The average molecular weight is 207 g/mol. The number of unbranched alkanes of at least 4 members (excludes halogenated alkanes) is 1. The van der Waals surface area contributed by atoms with Crippen LogP contribution in [0.25, 0.3) is 0 Å². The summed E-state index contributed by atoms with van der Waals surface area (Å²) in [5.74, 6) is 0. The van der Waals surface area contributed by atoms with E-state index in [9.17, 15) is 4.89 Å². The Kier molecular flexibility index (Phi) is 7.93. The standard InChI is InChI=1S/C10H24O2P/c1-3-8-13(12,9-4-2)10-6-5-7-11/h11-12H,3-10H2,1-2H3/q+1. The summed E-state index contributed by atoms with van der Waals surface area (Å²) in [5.41, 5.74) is 0. The van der Waals surface area contributed by atoms with Crippen molar-refractivity contribution in [3.05, 3.63) is 0 Å². The highest BCUT2D eigenvalue weighted by atomic mass is 31.2. The van der Waals surface area contributed by atoms with E-state index in [4.69, 9.17) is 5.11 Å². The molecule has 0 rings (SSSR count). The fourth-order valence-corrected chi connectivity index (χ4v) is 4.83. The lowest BCUT2D eigenvalue weighted by Crippen LogP contribution is -2.07. The van der Waals surface area contributed by atoms with Crippen molar-refractivity contribution in [3.8, 4) is 0 Å². The molecule has 0 atom stereocenters. The molecule has 0 aromatic rings. The molecule has 0 fully saturated rings. The number of aliphatic hydroxyl groups is 1. The first-order valence-corrected chi connectivity index (χ1v) is 7.68. The molecule has 0 aliphatic rings. The lowest BCUT2D eigenvalue weighted by atomic mass is 10.4. The molecular weight excluding hydrogens is 183 g/mol. The van der Waals surface area contributed by atoms with Crippen LogP contribution in [-0.4, -0.2) is 35.1 Å². The highest BCUT2D eigenvalue weighted by Crippen LogP contribution is 2.55. The van der Waals surface area contributed by atoms with Crippen LogP contribution in [0.15, 0.2) is 0 Å². The first-order chi connectivity index (χ1) is 6.18. The highest BCUT2D eigenvalue weighted by Gasteiger charge is 2.32. The molecule has 2 nitrogen and oxygen atoms in total. The van der Waals surface area contributed by atoms with Crippen LogP contribution >= 0.6 is 7.49 Å². The van der Waals surface area contributed by atoms with E-state index in [1.54, 1.807) is 0 Å². The highest BCUT2D eigenvalue weighted by molar-refractivity contribution is 7.70. The lowest BCUT2D eigenvalue weighted by Gasteiger charge is -2.18. The molecule has 0 amide bonds. The van der Waals surface area contributed by atoms with Crippen LogP contribution in [-0.2, 0) is 0 Å². The third-order valence-corrected chi connectivity index (χ3v) is 5.97. The first kappa shape index (κ1) is 13.4. The van der Waals surface area contributed by atoms with Crippen molar-refractivity contribution in [1.82, 2.24) is 0 Å². The molecule has 0 heterocycles. The van der Waals surface area contributed by atoms with Crippen molar-refractivity contribution in [2.24, 2.45) is 0 Å². The van der Waals surface area contributed by atoms with Gasteiger partial charge in [-0.15, -0.1) is 0 Å². The molecule has 0 radical (unpaired) electrons. The maximum absolute atomic E-state index is 10.3. The molecule has 0 aliphatic carbocycles. The van der Waals surface area contributed by atoms with Gasteiger partial charge in [0.2, 0.25) is 0 Å². The molecule has 0 aromatic carbocycles. The van der Waals surface area contributed by atoms with Crippen molar-refractivity contribution >= 4 is 7.49 Å². The Bertz CT molecular complexity index is 111. The van der Waals surface area contributed by atoms with Crippen LogP contribution < -0.4 is 0 Å². The van der Waals surface area contributed by atoms with E-state index in [0.29, 0.717) is 0 Å². The second-order valence-corrected chi connectivity index (χ2v) is 7.23. The van der Waals surface area contributed by atoms with Gasteiger partial charge in [-0.25, -0.2) is 0 Å². The molecule has 0 spiro atoms. The molecule has 13 heavy (non-hydrogen) atoms. The van der Waals surface area contributed by atoms with E-state index in [1.165, 1.54) is 0 Å². The van der Waals surface area contributed by atoms with Gasteiger partial charge < -0.3 is 5.11 Å². The predicted molar refractivity (Wildman–Crippen MR) is 60.6 cm³/mol. The minimum Gasteiger partial charge on any atom is -0.396 e. The summed E-state index contributed by atoms with van der Waals surface area (Å²) in [6, 6.07) is 0. The van der Waals surface area contributed by atoms with Crippen LogP contribution in [0, 0.1) is 0 Å². The zero-order valence-electron chi connectivity index (χ0n) is 9.00. The molecule has 80 valence electrons. The van der Waals surface area contributed by atoms with Crippen LogP contribution in [0.3, 0.4) is 0 Å². The van der Waals surface area contributed by atoms with Crippen LogP contribution in [0.2, 0.25) is 0 Å². The SMILES string of the molecule is CCC[P+](O)(CCC)CCCCO. The number of rotatable bonds is 8. The van der Waals surface area contributed by atoms with E-state index in [2.05, 4.69) is 13.8 Å². The zero-order valence-corrected chi connectivity index (χ0v) is 9.89. The van der Waals surface area contributed by atoms with Gasteiger partial charge in [0.05, 0.1) is 18.5 Å². The average Bonchev–Trinajstić information content (AvgIpc) is 2.05. The molecule has 0 saturated carbocycles. The Morgan fingerprint density at radius 3 is 1.85 bits per heavy atom. The van der Waals surface area contributed by atoms with Gasteiger partial charge in [-0.3, -0.25) is 4.89 Å². The van der Waals surface area contributed by atoms with Gasteiger partial charge in [-0.05, 0) is 25.7 Å². The Morgan fingerprint density at radius 2 is 1.46 bits per heavy atom. The predicted octanol–water partition coefficient (Wildman–Crippen LogP) is 2.50. The molecule has 0 aliphatic heterocycles. The molecule has 0 saturated heterocycles. The van der Waals surface area contributed by atoms with Crippen molar-refractivity contribution in [2.45, 2.75) is 39.5 Å². The molecule has 0 unspecified atom stereocenters. The fraction of sp³-hybridized carbons (Fsp3) is 1.00. The van der Waals surface area contributed by atoms with Gasteiger partial charge in [0.1, 0.15) is 7.49 Å². The summed E-state index contributed by atoms with van der Waals surface area (Å²) in [7, 11) is -1.61. The van der Waals surface area contributed by atoms with Crippen molar-refractivity contribution in [2.75, 3.05) is 25.1 Å². The van der Waals surface area contributed by atoms with Gasteiger partial charge in [0.25, 0.3) is 0 Å². The largest absolute Gasteiger partial charge is 0.396 e. The third kappa shape index (κ3) is 6.42. The quantitative estimate of drug-likeness (QED) is 0.474. The summed E-state index contributed by atoms with van der Waals surface area (Å²) < 4.78 is 0. The number of hydrogen-bond acceptors (Lipinski definition) is 2. The molecule has 2 N–H and O–H groups in total. The number of hydrogen-bond donors (Lipinski definition) is 2. The maximum atomic E-state index is 10.3. The second-order valence-electron chi connectivity index (χ2n) is 3.70. The van der Waals surface area contributed by atoms with Crippen molar-refractivity contribution in [3.63, 3.8) is 0 Å². The molecule has 3 heteroatoms. The van der Waals surface area contributed by atoms with E-state index < -0.39 is 7.49 Å². The Morgan fingerprint density at radius 1 is 0.923 bits per heavy atom. The first-order valence-electron chi connectivity index (χ1n) is 5.38. The minimum absolute atomic E-state index is 0.262. The zero-order chi connectivity index (χ0) is 10.2. The van der Waals surface area contributed by atoms with Gasteiger partial charge >= 0.3 is 0 Å². The van der Waals surface area contributed by atoms with Crippen LogP contribution in [0.4, 0.5) is 0 Å². The van der Waals surface area contributed by atoms with E-state index in [-0.39, 0.29) is 6.61 Å². The van der Waals surface area contributed by atoms with Gasteiger partial charge in [0.15, 0.2) is 0 Å². The molecule has 0 aromatic heterocycles. The van der Waals surface area contributed by atoms with Gasteiger partial charge in [0, 0.05) is 6.61 Å². The van der Waals surface area contributed by atoms with Crippen molar-refractivity contribution in [1.29, 1.82) is 0 Å².